The van der Waals surface area contributed by atoms with Gasteiger partial charge in [0.05, 0.1) is 6.10 Å². The summed E-state index contributed by atoms with van der Waals surface area (Å²) in [6.45, 7) is 0. The Kier molecular flexibility index (Phi) is 5.02. The predicted octanol–water partition coefficient (Wildman–Crippen LogP) is 2.21. The zero-order chi connectivity index (χ0) is 9.19. The second kappa shape index (κ2) is 5.02. The first-order valence-electron chi connectivity index (χ1n) is 3.97. The maximum Gasteiger partial charge on any atom is 0.522 e. The molecular weight excluding hydrogens is 207 g/mol. The highest BCUT2D eigenvalue weighted by atomic mass is 35.5. The van der Waals surface area contributed by atoms with Crippen LogP contribution in [0.2, 0.25) is 0 Å². The van der Waals surface area contributed by atoms with Crippen molar-refractivity contribution in [2.45, 2.75) is 44.2 Å². The molecule has 0 amide bonds. The normalized spacial score (nSPS) is 29.5. The third-order valence-electron chi connectivity index (χ3n) is 2.02. The third-order valence-corrected chi connectivity index (χ3v) is 2.02. The Morgan fingerprint density at radius 2 is 1.54 bits per heavy atom. The molecule has 13 heavy (non-hydrogen) atoms. The lowest BCUT2D eigenvalue weighted by molar-refractivity contribution is -0.345. The first-order valence-corrected chi connectivity index (χ1v) is 3.97. The van der Waals surface area contributed by atoms with Crippen molar-refractivity contribution in [3.05, 3.63) is 0 Å². The van der Waals surface area contributed by atoms with Crippen LogP contribution in [0.1, 0.15) is 25.7 Å². The van der Waals surface area contributed by atoms with Crippen molar-refractivity contribution in [1.29, 1.82) is 0 Å². The summed E-state index contributed by atoms with van der Waals surface area (Å²) in [6.07, 6.45) is -3.08. The van der Waals surface area contributed by atoms with E-state index in [2.05, 4.69) is 4.74 Å². The van der Waals surface area contributed by atoms with Crippen LogP contribution < -0.4 is 5.73 Å². The van der Waals surface area contributed by atoms with Crippen molar-refractivity contribution < 1.29 is 17.9 Å². The molecule has 0 bridgehead atoms. The molecule has 1 saturated carbocycles. The van der Waals surface area contributed by atoms with Crippen molar-refractivity contribution >= 4 is 12.4 Å². The van der Waals surface area contributed by atoms with E-state index in [1.165, 1.54) is 0 Å². The van der Waals surface area contributed by atoms with Crippen LogP contribution in [0.4, 0.5) is 13.2 Å². The molecule has 0 saturated heterocycles. The number of nitrogens with two attached hydrogens (primary N) is 1. The maximum absolute atomic E-state index is 11.7. The summed E-state index contributed by atoms with van der Waals surface area (Å²) < 4.78 is 38.9. The van der Waals surface area contributed by atoms with Crippen LogP contribution >= 0.6 is 12.4 Å². The van der Waals surface area contributed by atoms with E-state index in [1.807, 2.05) is 0 Å². The van der Waals surface area contributed by atoms with E-state index in [4.69, 9.17) is 5.73 Å². The van der Waals surface area contributed by atoms with Gasteiger partial charge in [0.2, 0.25) is 0 Å². The van der Waals surface area contributed by atoms with Gasteiger partial charge in [-0.25, -0.2) is 0 Å². The van der Waals surface area contributed by atoms with E-state index in [9.17, 15) is 13.2 Å². The van der Waals surface area contributed by atoms with Gasteiger partial charge in [0.15, 0.2) is 0 Å². The Morgan fingerprint density at radius 1 is 1.08 bits per heavy atom. The minimum absolute atomic E-state index is 0. The average molecular weight is 220 g/mol. The van der Waals surface area contributed by atoms with Crippen molar-refractivity contribution in [3.8, 4) is 0 Å². The molecule has 0 spiro atoms. The number of hydrogen-bond acceptors (Lipinski definition) is 2. The summed E-state index contributed by atoms with van der Waals surface area (Å²) >= 11 is 0. The largest absolute Gasteiger partial charge is 0.522 e. The zero-order valence-electron chi connectivity index (χ0n) is 7.01. The molecule has 0 aromatic carbocycles. The van der Waals surface area contributed by atoms with E-state index < -0.39 is 12.5 Å². The van der Waals surface area contributed by atoms with Gasteiger partial charge in [-0.1, -0.05) is 0 Å². The van der Waals surface area contributed by atoms with Gasteiger partial charge in [0.25, 0.3) is 0 Å². The Balaban J connectivity index is 0.00000144. The van der Waals surface area contributed by atoms with Gasteiger partial charge < -0.3 is 5.73 Å². The monoisotopic (exact) mass is 219 g/mol. The lowest BCUT2D eigenvalue weighted by atomic mass is 9.94. The second-order valence-corrected chi connectivity index (χ2v) is 3.10. The van der Waals surface area contributed by atoms with E-state index >= 15 is 0 Å². The van der Waals surface area contributed by atoms with Gasteiger partial charge in [0, 0.05) is 6.04 Å². The smallest absolute Gasteiger partial charge is 0.328 e. The van der Waals surface area contributed by atoms with Gasteiger partial charge >= 0.3 is 6.36 Å². The first kappa shape index (κ1) is 13.0. The molecule has 0 aromatic rings. The zero-order valence-corrected chi connectivity index (χ0v) is 7.83. The standard InChI is InChI=1S/C7H12F3NO.ClH/c8-7(9,10)12-6-3-1-5(11)2-4-6;/h5-6H,1-4,11H2;1H. The lowest BCUT2D eigenvalue weighted by Gasteiger charge is -2.26. The van der Waals surface area contributed by atoms with Gasteiger partial charge in [-0.3, -0.25) is 4.74 Å². The Morgan fingerprint density at radius 3 is 1.92 bits per heavy atom. The first-order chi connectivity index (χ1) is 5.47. The molecule has 1 aliphatic carbocycles. The summed E-state index contributed by atoms with van der Waals surface area (Å²) in [5.74, 6) is 0. The van der Waals surface area contributed by atoms with E-state index in [0.717, 1.165) is 0 Å². The van der Waals surface area contributed by atoms with Gasteiger partial charge in [-0.05, 0) is 25.7 Å². The quantitative estimate of drug-likeness (QED) is 0.734. The Labute approximate surface area is 81.0 Å². The molecule has 0 aromatic heterocycles. The van der Waals surface area contributed by atoms with Crippen molar-refractivity contribution in [2.75, 3.05) is 0 Å². The highest BCUT2D eigenvalue weighted by molar-refractivity contribution is 5.85. The highest BCUT2D eigenvalue weighted by Crippen LogP contribution is 2.27. The Bertz CT molecular complexity index is 145. The molecule has 0 atom stereocenters. The van der Waals surface area contributed by atoms with Crippen molar-refractivity contribution in [1.82, 2.24) is 0 Å². The molecule has 2 nitrogen and oxygen atoms in total. The topological polar surface area (TPSA) is 35.2 Å². The minimum Gasteiger partial charge on any atom is -0.328 e. The average Bonchev–Trinajstić information content (AvgIpc) is 1.91. The molecule has 1 rings (SSSR count). The van der Waals surface area contributed by atoms with E-state index in [0.29, 0.717) is 25.7 Å². The van der Waals surface area contributed by atoms with Gasteiger partial charge in [-0.2, -0.15) is 0 Å². The van der Waals surface area contributed by atoms with Crippen LogP contribution in [0, 0.1) is 0 Å². The molecule has 6 heteroatoms. The van der Waals surface area contributed by atoms with Crippen molar-refractivity contribution in [2.24, 2.45) is 5.73 Å². The number of halogens is 4. The van der Waals surface area contributed by atoms with Crippen LogP contribution in [0.25, 0.3) is 0 Å². The number of ether oxygens (including phenoxy) is 1. The fourth-order valence-corrected chi connectivity index (χ4v) is 1.40. The number of rotatable bonds is 1. The highest BCUT2D eigenvalue weighted by Gasteiger charge is 2.34. The summed E-state index contributed by atoms with van der Waals surface area (Å²) in [6, 6.07) is 0.0538. The summed E-state index contributed by atoms with van der Waals surface area (Å²) in [7, 11) is 0. The SMILES string of the molecule is Cl.NC1CCC(OC(F)(F)F)CC1. The molecule has 1 aliphatic rings. The fraction of sp³-hybridized carbons (Fsp3) is 1.00. The van der Waals surface area contributed by atoms with E-state index in [-0.39, 0.29) is 18.4 Å². The molecule has 0 aliphatic heterocycles. The predicted molar refractivity (Wildman–Crippen MR) is 44.6 cm³/mol. The second-order valence-electron chi connectivity index (χ2n) is 3.10. The number of hydrogen-bond donors (Lipinski definition) is 1. The fourth-order valence-electron chi connectivity index (χ4n) is 1.40. The lowest BCUT2D eigenvalue weighted by Crippen LogP contribution is -2.33. The van der Waals surface area contributed by atoms with Gasteiger partial charge in [0.1, 0.15) is 0 Å². The summed E-state index contributed by atoms with van der Waals surface area (Å²) in [5.41, 5.74) is 5.52. The van der Waals surface area contributed by atoms with Crippen LogP contribution in [0.15, 0.2) is 0 Å². The third kappa shape index (κ3) is 5.33. The molecule has 0 radical (unpaired) electrons. The van der Waals surface area contributed by atoms with Crippen LogP contribution in [-0.2, 0) is 4.74 Å². The molecule has 1 fully saturated rings. The van der Waals surface area contributed by atoms with Crippen LogP contribution in [-0.4, -0.2) is 18.5 Å². The van der Waals surface area contributed by atoms with Crippen LogP contribution in [0.5, 0.6) is 0 Å². The maximum atomic E-state index is 11.7. The number of alkyl halides is 3. The van der Waals surface area contributed by atoms with Crippen molar-refractivity contribution in [3.63, 3.8) is 0 Å². The molecule has 2 N–H and O–H groups in total. The molecular formula is C7H13ClF3NO. The van der Waals surface area contributed by atoms with E-state index in [1.54, 1.807) is 0 Å². The molecule has 0 heterocycles. The Hall–Kier alpha value is -0.0000000000000000555. The minimum atomic E-state index is -4.49. The molecule has 80 valence electrons. The van der Waals surface area contributed by atoms with Crippen LogP contribution in [0.3, 0.4) is 0 Å². The summed E-state index contributed by atoms with van der Waals surface area (Å²) in [4.78, 5) is 0. The molecule has 0 unspecified atom stereocenters. The summed E-state index contributed by atoms with van der Waals surface area (Å²) in [5, 5.41) is 0. The van der Waals surface area contributed by atoms with Gasteiger partial charge in [-0.15, -0.1) is 25.6 Å².